The third kappa shape index (κ3) is 1.97. The zero-order valence-electron chi connectivity index (χ0n) is 12.3. The van der Waals surface area contributed by atoms with Crippen molar-refractivity contribution in [1.29, 1.82) is 0 Å². The van der Waals surface area contributed by atoms with Gasteiger partial charge in [0.15, 0.2) is 0 Å². The number of carbonyl (C=O) groups excluding carboxylic acids is 1. The van der Waals surface area contributed by atoms with Gasteiger partial charge in [0, 0.05) is 18.4 Å². The zero-order valence-corrected chi connectivity index (χ0v) is 12.3. The molecule has 5 rings (SSSR count). The van der Waals surface area contributed by atoms with Gasteiger partial charge in [0.05, 0.1) is 0 Å². The summed E-state index contributed by atoms with van der Waals surface area (Å²) in [6.45, 7) is 0.192. The molecule has 1 amide bonds. The molecule has 1 atom stereocenters. The second kappa shape index (κ2) is 5.25. The lowest BCUT2D eigenvalue weighted by Gasteiger charge is -2.45. The summed E-state index contributed by atoms with van der Waals surface area (Å²) >= 11 is 0. The molecule has 2 aromatic rings. The lowest BCUT2D eigenvalue weighted by Crippen LogP contribution is -2.40. The number of amides is 1. The quantitative estimate of drug-likeness (QED) is 0.913. The predicted octanol–water partition coefficient (Wildman–Crippen LogP) is 2.39. The van der Waals surface area contributed by atoms with Crippen molar-refractivity contribution in [3.63, 3.8) is 0 Å². The summed E-state index contributed by atoms with van der Waals surface area (Å²) in [6, 6.07) is 17.4. The van der Waals surface area contributed by atoms with Gasteiger partial charge in [0.1, 0.15) is 6.61 Å². The zero-order chi connectivity index (χ0) is 15.1. The molecule has 2 bridgehead atoms. The Labute approximate surface area is 130 Å². The molecule has 0 radical (unpaired) electrons. The topological polar surface area (TPSA) is 49.3 Å². The minimum Gasteiger partial charge on any atom is -0.387 e. The normalized spacial score (nSPS) is 24.5. The van der Waals surface area contributed by atoms with Crippen LogP contribution in [0, 0.1) is 5.92 Å². The van der Waals surface area contributed by atoms with Crippen molar-refractivity contribution >= 4 is 5.91 Å². The van der Waals surface area contributed by atoms with Crippen LogP contribution in [0.15, 0.2) is 48.5 Å². The lowest BCUT2D eigenvalue weighted by molar-refractivity contribution is -0.124. The van der Waals surface area contributed by atoms with Crippen LogP contribution in [0.3, 0.4) is 0 Å². The number of fused-ring (bicyclic) bond motifs is 1. The van der Waals surface area contributed by atoms with Gasteiger partial charge < -0.3 is 10.4 Å². The first kappa shape index (κ1) is 13.5. The Morgan fingerprint density at radius 3 is 2.09 bits per heavy atom. The average Bonchev–Trinajstić information content (AvgIpc) is 2.59. The van der Waals surface area contributed by atoms with Gasteiger partial charge >= 0.3 is 0 Å². The highest BCUT2D eigenvalue weighted by atomic mass is 16.3. The molecule has 2 N–H and O–H groups in total. The summed E-state index contributed by atoms with van der Waals surface area (Å²) in [5, 5.41) is 11.8. The Balaban J connectivity index is 1.74. The summed E-state index contributed by atoms with van der Waals surface area (Å²) in [6.07, 6.45) is 1.06. The minimum absolute atomic E-state index is 0.289. The fraction of sp³-hybridized carbons (Fsp3) is 0.316. The molecule has 1 unspecified atom stereocenters. The number of aliphatic hydroxyl groups excluding tert-OH is 1. The smallest absolute Gasteiger partial charge is 0.245 e. The highest BCUT2D eigenvalue weighted by Crippen LogP contribution is 2.54. The van der Waals surface area contributed by atoms with Crippen LogP contribution in [0.1, 0.15) is 40.5 Å². The van der Waals surface area contributed by atoms with Gasteiger partial charge in [-0.25, -0.2) is 0 Å². The first-order valence-electron chi connectivity index (χ1n) is 7.84. The molecule has 3 aliphatic rings. The molecule has 3 heteroatoms. The number of aliphatic hydroxyl groups is 1. The Kier molecular flexibility index (Phi) is 3.23. The van der Waals surface area contributed by atoms with Crippen LogP contribution in [0.5, 0.6) is 0 Å². The van der Waals surface area contributed by atoms with Crippen molar-refractivity contribution in [2.45, 2.75) is 18.3 Å². The van der Waals surface area contributed by atoms with E-state index in [0.717, 1.165) is 6.42 Å². The third-order valence-electron chi connectivity index (χ3n) is 5.13. The van der Waals surface area contributed by atoms with E-state index in [2.05, 4.69) is 53.8 Å². The fourth-order valence-corrected chi connectivity index (χ4v) is 4.26. The van der Waals surface area contributed by atoms with Gasteiger partial charge in [-0.15, -0.1) is 0 Å². The minimum atomic E-state index is -0.437. The van der Waals surface area contributed by atoms with Crippen molar-refractivity contribution in [3.05, 3.63) is 70.8 Å². The Morgan fingerprint density at radius 1 is 1.00 bits per heavy atom. The highest BCUT2D eigenvalue weighted by molar-refractivity contribution is 5.76. The van der Waals surface area contributed by atoms with Gasteiger partial charge in [0.2, 0.25) is 5.91 Å². The van der Waals surface area contributed by atoms with E-state index in [-0.39, 0.29) is 5.91 Å². The number of carbonyl (C=O) groups is 1. The van der Waals surface area contributed by atoms with E-state index in [9.17, 15) is 4.79 Å². The van der Waals surface area contributed by atoms with Crippen LogP contribution in [0.4, 0.5) is 0 Å². The molecule has 3 nitrogen and oxygen atoms in total. The van der Waals surface area contributed by atoms with Gasteiger partial charge in [0.25, 0.3) is 0 Å². The fourth-order valence-electron chi connectivity index (χ4n) is 4.26. The lowest BCUT2D eigenvalue weighted by atomic mass is 9.59. The molecule has 22 heavy (non-hydrogen) atoms. The van der Waals surface area contributed by atoms with E-state index < -0.39 is 6.61 Å². The van der Waals surface area contributed by atoms with Crippen LogP contribution in [-0.2, 0) is 4.79 Å². The van der Waals surface area contributed by atoms with Crippen LogP contribution in [-0.4, -0.2) is 24.2 Å². The van der Waals surface area contributed by atoms with E-state index >= 15 is 0 Å². The molecule has 0 aliphatic heterocycles. The van der Waals surface area contributed by atoms with Crippen LogP contribution >= 0.6 is 0 Å². The molecule has 0 saturated heterocycles. The van der Waals surface area contributed by atoms with Crippen LogP contribution in [0.2, 0.25) is 0 Å². The number of hydrogen-bond acceptors (Lipinski definition) is 2. The Hall–Kier alpha value is -2.13. The number of rotatable bonds is 3. The molecular formula is C19H19NO2. The van der Waals surface area contributed by atoms with Crippen LogP contribution < -0.4 is 5.32 Å². The highest BCUT2D eigenvalue weighted by Gasteiger charge is 2.42. The number of benzene rings is 2. The summed E-state index contributed by atoms with van der Waals surface area (Å²) in [7, 11) is 0. The second-order valence-electron chi connectivity index (χ2n) is 6.25. The second-order valence-corrected chi connectivity index (χ2v) is 6.25. The third-order valence-corrected chi connectivity index (χ3v) is 5.13. The maximum Gasteiger partial charge on any atom is 0.245 e. The molecule has 3 aliphatic carbocycles. The van der Waals surface area contributed by atoms with Crippen molar-refractivity contribution in [1.82, 2.24) is 5.32 Å². The summed E-state index contributed by atoms with van der Waals surface area (Å²) in [4.78, 5) is 11.4. The maximum absolute atomic E-state index is 11.4. The molecule has 0 saturated carbocycles. The molecule has 0 heterocycles. The van der Waals surface area contributed by atoms with Crippen molar-refractivity contribution in [2.24, 2.45) is 5.92 Å². The Bertz CT molecular complexity index is 677. The van der Waals surface area contributed by atoms with E-state index in [1.165, 1.54) is 22.3 Å². The Morgan fingerprint density at radius 2 is 1.55 bits per heavy atom. The summed E-state index contributed by atoms with van der Waals surface area (Å²) in [5.41, 5.74) is 5.69. The molecule has 0 aromatic heterocycles. The van der Waals surface area contributed by atoms with Crippen molar-refractivity contribution in [3.8, 4) is 0 Å². The van der Waals surface area contributed by atoms with E-state index in [0.29, 0.717) is 24.3 Å². The van der Waals surface area contributed by atoms with Gasteiger partial charge in [-0.1, -0.05) is 48.5 Å². The standard InChI is InChI=1S/C19H19NO2/c21-11-18(22)20-10-12-9-17-13-5-1-3-7-15(13)19(12)16-8-4-2-6-14(16)17/h1-8,12,17,19,21H,9-11H2,(H,20,22). The molecular weight excluding hydrogens is 274 g/mol. The van der Waals surface area contributed by atoms with Crippen LogP contribution in [0.25, 0.3) is 0 Å². The average molecular weight is 293 g/mol. The largest absolute Gasteiger partial charge is 0.387 e. The SMILES string of the molecule is O=C(CO)NCC1CC2c3ccccc3C1c1ccccc12. The number of hydrogen-bond donors (Lipinski definition) is 2. The molecule has 2 aromatic carbocycles. The van der Waals surface area contributed by atoms with Gasteiger partial charge in [-0.2, -0.15) is 0 Å². The van der Waals surface area contributed by atoms with Gasteiger partial charge in [-0.3, -0.25) is 4.79 Å². The molecule has 0 spiro atoms. The van der Waals surface area contributed by atoms with Crippen molar-refractivity contribution in [2.75, 3.05) is 13.2 Å². The monoisotopic (exact) mass is 293 g/mol. The molecule has 0 fully saturated rings. The molecule has 112 valence electrons. The predicted molar refractivity (Wildman–Crippen MR) is 84.8 cm³/mol. The summed E-state index contributed by atoms with van der Waals surface area (Å²) in [5.74, 6) is 0.873. The van der Waals surface area contributed by atoms with E-state index in [1.807, 2.05) is 0 Å². The summed E-state index contributed by atoms with van der Waals surface area (Å²) < 4.78 is 0. The first-order chi connectivity index (χ1) is 10.8. The first-order valence-corrected chi connectivity index (χ1v) is 7.84. The van der Waals surface area contributed by atoms with Crippen molar-refractivity contribution < 1.29 is 9.90 Å². The maximum atomic E-state index is 11.4. The van der Waals surface area contributed by atoms with E-state index in [1.54, 1.807) is 0 Å². The van der Waals surface area contributed by atoms with Gasteiger partial charge in [-0.05, 0) is 34.6 Å². The number of nitrogens with one attached hydrogen (secondary N) is 1. The van der Waals surface area contributed by atoms with E-state index in [4.69, 9.17) is 5.11 Å².